The van der Waals surface area contributed by atoms with Crippen LogP contribution >= 0.6 is 0 Å². The Balaban J connectivity index is 0.000000265. The molecule has 1 aromatic carbocycles. The smallest absolute Gasteiger partial charge is 0.207 e. The molecular weight excluding hydrogens is 188 g/mol. The highest BCUT2D eigenvalue weighted by molar-refractivity contribution is 5.45. The Morgan fingerprint density at radius 1 is 1.33 bits per heavy atom. The minimum Gasteiger partial charge on any atom is -0.399 e. The molecule has 84 valence electrons. The first-order valence-electron chi connectivity index (χ1n) is 5.20. The van der Waals surface area contributed by atoms with Crippen LogP contribution < -0.4 is 11.1 Å². The number of nitrogens with two attached hydrogens (primary N) is 1. The number of carbonyl (C=O) groups excluding carboxylic acids is 1. The number of hydrogen-bond acceptors (Lipinski definition) is 2. The summed E-state index contributed by atoms with van der Waals surface area (Å²) < 4.78 is 0. The van der Waals surface area contributed by atoms with Crippen LogP contribution in [-0.4, -0.2) is 13.0 Å². The molecule has 0 unspecified atom stereocenters. The van der Waals surface area contributed by atoms with Gasteiger partial charge < -0.3 is 11.1 Å². The normalized spacial score (nSPS) is 8.67. The highest BCUT2D eigenvalue weighted by atomic mass is 16.1. The van der Waals surface area contributed by atoms with E-state index in [1.165, 1.54) is 5.56 Å². The van der Waals surface area contributed by atoms with E-state index < -0.39 is 0 Å². The molecule has 0 bridgehead atoms. The molecule has 0 aliphatic rings. The van der Waals surface area contributed by atoms with E-state index in [1.807, 2.05) is 31.2 Å². The number of unbranched alkanes of at least 4 members (excludes halogenated alkanes) is 1. The molecule has 15 heavy (non-hydrogen) atoms. The largest absolute Gasteiger partial charge is 0.399 e. The maximum atomic E-state index is 9.57. The van der Waals surface area contributed by atoms with Crippen LogP contribution in [0.2, 0.25) is 0 Å². The van der Waals surface area contributed by atoms with Crippen LogP contribution in [0.4, 0.5) is 5.69 Å². The summed E-state index contributed by atoms with van der Waals surface area (Å²) in [6.07, 6.45) is 2.95. The monoisotopic (exact) mass is 208 g/mol. The predicted octanol–water partition coefficient (Wildman–Crippen LogP) is 2.11. The topological polar surface area (TPSA) is 55.1 Å². The average Bonchev–Trinajstić information content (AvgIpc) is 2.24. The zero-order valence-corrected chi connectivity index (χ0v) is 9.49. The first-order chi connectivity index (χ1) is 7.20. The van der Waals surface area contributed by atoms with E-state index in [0.717, 1.165) is 31.5 Å². The maximum Gasteiger partial charge on any atom is 0.207 e. The molecule has 0 saturated heterocycles. The van der Waals surface area contributed by atoms with Crippen molar-refractivity contribution in [1.29, 1.82) is 0 Å². The van der Waals surface area contributed by atoms with Gasteiger partial charge in [0.25, 0.3) is 0 Å². The molecule has 0 aliphatic carbocycles. The number of anilines is 1. The Kier molecular flexibility index (Phi) is 8.15. The van der Waals surface area contributed by atoms with Gasteiger partial charge in [-0.1, -0.05) is 31.0 Å². The van der Waals surface area contributed by atoms with Crippen molar-refractivity contribution in [2.24, 2.45) is 0 Å². The van der Waals surface area contributed by atoms with E-state index >= 15 is 0 Å². The number of aryl methyl sites for hydroxylation is 1. The van der Waals surface area contributed by atoms with E-state index in [0.29, 0.717) is 0 Å². The van der Waals surface area contributed by atoms with Gasteiger partial charge in [-0.2, -0.15) is 0 Å². The molecule has 3 nitrogen and oxygen atoms in total. The molecule has 0 radical (unpaired) electrons. The van der Waals surface area contributed by atoms with Crippen molar-refractivity contribution in [1.82, 2.24) is 5.32 Å². The Bertz CT molecular complexity index is 236. The molecular formula is C12H20N2O. The van der Waals surface area contributed by atoms with Crippen molar-refractivity contribution in [2.45, 2.75) is 26.7 Å². The van der Waals surface area contributed by atoms with Gasteiger partial charge in [-0.05, 0) is 25.5 Å². The third-order valence-corrected chi connectivity index (χ3v) is 1.84. The van der Waals surface area contributed by atoms with Crippen molar-refractivity contribution in [3.8, 4) is 0 Å². The molecule has 0 spiro atoms. The molecule has 0 aromatic heterocycles. The highest BCUT2D eigenvalue weighted by Gasteiger charge is 1.80. The zero-order chi connectivity index (χ0) is 11.5. The summed E-state index contributed by atoms with van der Waals surface area (Å²) in [5.41, 5.74) is 7.51. The van der Waals surface area contributed by atoms with Crippen LogP contribution in [0, 0.1) is 6.92 Å². The van der Waals surface area contributed by atoms with Gasteiger partial charge in [0.1, 0.15) is 0 Å². The standard InChI is InChI=1S/C7H9N.C5H11NO/c1-6-2-4-7(8)5-3-6;1-2-3-4-6-5-7/h2-5H,8H2,1H3;5H,2-4H2,1H3,(H,6,7). The van der Waals surface area contributed by atoms with Crippen LogP contribution in [0.25, 0.3) is 0 Å². The summed E-state index contributed by atoms with van der Waals surface area (Å²) in [6, 6.07) is 7.79. The lowest BCUT2D eigenvalue weighted by Gasteiger charge is -1.90. The van der Waals surface area contributed by atoms with Gasteiger partial charge in [0, 0.05) is 12.2 Å². The third-order valence-electron chi connectivity index (χ3n) is 1.84. The van der Waals surface area contributed by atoms with Crippen molar-refractivity contribution < 1.29 is 4.79 Å². The van der Waals surface area contributed by atoms with Gasteiger partial charge in [-0.25, -0.2) is 0 Å². The van der Waals surface area contributed by atoms with Gasteiger partial charge in [0.2, 0.25) is 6.41 Å². The van der Waals surface area contributed by atoms with Gasteiger partial charge in [-0.3, -0.25) is 4.79 Å². The van der Waals surface area contributed by atoms with Crippen LogP contribution in [-0.2, 0) is 4.79 Å². The van der Waals surface area contributed by atoms with Crippen molar-refractivity contribution in [3.63, 3.8) is 0 Å². The predicted molar refractivity (Wildman–Crippen MR) is 64.6 cm³/mol. The number of rotatable bonds is 4. The van der Waals surface area contributed by atoms with E-state index in [1.54, 1.807) is 0 Å². The summed E-state index contributed by atoms with van der Waals surface area (Å²) in [7, 11) is 0. The SMILES string of the molecule is CCCCNC=O.Cc1ccc(N)cc1. The Labute approximate surface area is 91.7 Å². The fourth-order valence-electron chi connectivity index (χ4n) is 0.904. The quantitative estimate of drug-likeness (QED) is 0.452. The average molecular weight is 208 g/mol. The molecule has 3 N–H and O–H groups in total. The second-order valence-electron chi connectivity index (χ2n) is 3.34. The minimum absolute atomic E-state index is 0.732. The summed E-state index contributed by atoms with van der Waals surface area (Å²) in [5.74, 6) is 0. The van der Waals surface area contributed by atoms with Gasteiger partial charge >= 0.3 is 0 Å². The fourth-order valence-corrected chi connectivity index (χ4v) is 0.904. The molecule has 1 amide bonds. The first kappa shape index (κ1) is 13.5. The highest BCUT2D eigenvalue weighted by Crippen LogP contribution is 2.02. The Morgan fingerprint density at radius 3 is 2.33 bits per heavy atom. The van der Waals surface area contributed by atoms with E-state index in [4.69, 9.17) is 5.73 Å². The number of benzene rings is 1. The van der Waals surface area contributed by atoms with Crippen LogP contribution in [0.5, 0.6) is 0 Å². The maximum absolute atomic E-state index is 9.57. The summed E-state index contributed by atoms with van der Waals surface area (Å²) in [6.45, 7) is 4.95. The number of amides is 1. The molecule has 0 heterocycles. The zero-order valence-electron chi connectivity index (χ0n) is 9.49. The van der Waals surface area contributed by atoms with Gasteiger partial charge in [0.05, 0.1) is 0 Å². The number of nitrogen functional groups attached to an aromatic ring is 1. The fraction of sp³-hybridized carbons (Fsp3) is 0.417. The lowest BCUT2D eigenvalue weighted by Crippen LogP contribution is -2.11. The molecule has 0 aliphatic heterocycles. The summed E-state index contributed by atoms with van der Waals surface area (Å²) in [4.78, 5) is 9.57. The molecule has 1 rings (SSSR count). The van der Waals surface area contributed by atoms with Crippen LogP contribution in [0.1, 0.15) is 25.3 Å². The van der Waals surface area contributed by atoms with E-state index in [2.05, 4.69) is 12.2 Å². The lowest BCUT2D eigenvalue weighted by molar-refractivity contribution is -0.109. The molecule has 0 saturated carbocycles. The molecule has 3 heteroatoms. The number of carbonyl (C=O) groups is 1. The second kappa shape index (κ2) is 9.06. The van der Waals surface area contributed by atoms with Crippen LogP contribution in [0.3, 0.4) is 0 Å². The van der Waals surface area contributed by atoms with E-state index in [9.17, 15) is 4.79 Å². The van der Waals surface area contributed by atoms with Gasteiger partial charge in [-0.15, -0.1) is 0 Å². The van der Waals surface area contributed by atoms with Gasteiger partial charge in [0.15, 0.2) is 0 Å². The third kappa shape index (κ3) is 8.81. The summed E-state index contributed by atoms with van der Waals surface area (Å²) in [5, 5.41) is 2.57. The van der Waals surface area contributed by atoms with Crippen molar-refractivity contribution in [3.05, 3.63) is 29.8 Å². The Morgan fingerprint density at radius 2 is 1.93 bits per heavy atom. The molecule has 0 atom stereocenters. The summed E-state index contributed by atoms with van der Waals surface area (Å²) >= 11 is 0. The van der Waals surface area contributed by atoms with Crippen LogP contribution in [0.15, 0.2) is 24.3 Å². The molecule has 0 fully saturated rings. The number of nitrogens with one attached hydrogen (secondary N) is 1. The lowest BCUT2D eigenvalue weighted by atomic mass is 10.2. The van der Waals surface area contributed by atoms with Crippen molar-refractivity contribution in [2.75, 3.05) is 12.3 Å². The molecule has 1 aromatic rings. The minimum atomic E-state index is 0.732. The van der Waals surface area contributed by atoms with E-state index in [-0.39, 0.29) is 0 Å². The second-order valence-corrected chi connectivity index (χ2v) is 3.34. The number of hydrogen-bond donors (Lipinski definition) is 2. The first-order valence-corrected chi connectivity index (χ1v) is 5.20. The Hall–Kier alpha value is -1.51. The van der Waals surface area contributed by atoms with Crippen molar-refractivity contribution >= 4 is 12.1 Å².